The monoisotopic (exact) mass is 253 g/mol. The van der Waals surface area contributed by atoms with Crippen molar-refractivity contribution >= 4 is 17.4 Å². The molecule has 1 saturated carbocycles. The van der Waals surface area contributed by atoms with Crippen molar-refractivity contribution in [1.29, 1.82) is 0 Å². The third-order valence-electron chi connectivity index (χ3n) is 3.39. The number of nitrogens with one attached hydrogen (secondary N) is 1. The SMILES string of the molecule is Cc1cnc(Cl)nc1NC1CCCCCCC1. The van der Waals surface area contributed by atoms with Crippen LogP contribution in [0, 0.1) is 6.92 Å². The lowest BCUT2D eigenvalue weighted by molar-refractivity contribution is 0.470. The van der Waals surface area contributed by atoms with Gasteiger partial charge in [-0.1, -0.05) is 32.1 Å². The van der Waals surface area contributed by atoms with Gasteiger partial charge >= 0.3 is 0 Å². The van der Waals surface area contributed by atoms with E-state index in [0.717, 1.165) is 11.4 Å². The van der Waals surface area contributed by atoms with E-state index in [-0.39, 0.29) is 0 Å². The molecule has 0 spiro atoms. The molecule has 1 fully saturated rings. The summed E-state index contributed by atoms with van der Waals surface area (Å²) in [6.07, 6.45) is 11.0. The van der Waals surface area contributed by atoms with Crippen LogP contribution in [0.4, 0.5) is 5.82 Å². The van der Waals surface area contributed by atoms with Crippen molar-refractivity contribution in [2.45, 2.75) is 57.9 Å². The molecule has 4 heteroatoms. The van der Waals surface area contributed by atoms with Crippen LogP contribution in [0.3, 0.4) is 0 Å². The Bertz CT molecular complexity index is 360. The van der Waals surface area contributed by atoms with Crippen LogP contribution < -0.4 is 5.32 Å². The Morgan fingerprint density at radius 2 is 1.82 bits per heavy atom. The summed E-state index contributed by atoms with van der Waals surface area (Å²) in [5.74, 6) is 0.899. The van der Waals surface area contributed by atoms with Crippen molar-refractivity contribution < 1.29 is 0 Å². The number of halogens is 1. The minimum atomic E-state index is 0.323. The molecule has 0 unspecified atom stereocenters. The Morgan fingerprint density at radius 3 is 2.53 bits per heavy atom. The summed E-state index contributed by atoms with van der Waals surface area (Å²) in [7, 11) is 0. The quantitative estimate of drug-likeness (QED) is 0.811. The number of rotatable bonds is 2. The first-order valence-electron chi connectivity index (χ1n) is 6.51. The molecule has 2 rings (SSSR count). The first kappa shape index (κ1) is 12.6. The lowest BCUT2D eigenvalue weighted by atomic mass is 9.96. The van der Waals surface area contributed by atoms with Gasteiger partial charge < -0.3 is 5.32 Å². The lowest BCUT2D eigenvalue weighted by Crippen LogP contribution is -2.22. The Labute approximate surface area is 108 Å². The van der Waals surface area contributed by atoms with Crippen molar-refractivity contribution in [3.63, 3.8) is 0 Å². The van der Waals surface area contributed by atoms with E-state index < -0.39 is 0 Å². The fourth-order valence-corrected chi connectivity index (χ4v) is 2.49. The molecule has 1 aromatic rings. The van der Waals surface area contributed by atoms with Crippen LogP contribution in [0.25, 0.3) is 0 Å². The summed E-state index contributed by atoms with van der Waals surface area (Å²) in [5, 5.41) is 3.85. The maximum absolute atomic E-state index is 5.83. The van der Waals surface area contributed by atoms with Crippen LogP contribution >= 0.6 is 11.6 Å². The van der Waals surface area contributed by atoms with Gasteiger partial charge in [0.2, 0.25) is 5.28 Å². The van der Waals surface area contributed by atoms with Crippen molar-refractivity contribution in [3.8, 4) is 0 Å². The Morgan fingerprint density at radius 1 is 1.18 bits per heavy atom. The molecule has 1 N–H and O–H groups in total. The molecule has 1 aromatic heterocycles. The molecule has 0 aromatic carbocycles. The van der Waals surface area contributed by atoms with E-state index in [4.69, 9.17) is 11.6 Å². The summed E-state index contributed by atoms with van der Waals surface area (Å²) >= 11 is 5.83. The van der Waals surface area contributed by atoms with Gasteiger partial charge in [0.25, 0.3) is 0 Å². The lowest BCUT2D eigenvalue weighted by Gasteiger charge is -2.22. The van der Waals surface area contributed by atoms with Gasteiger partial charge in [-0.3, -0.25) is 0 Å². The number of aryl methyl sites for hydroxylation is 1. The van der Waals surface area contributed by atoms with E-state index in [0.29, 0.717) is 11.3 Å². The van der Waals surface area contributed by atoms with Gasteiger partial charge in [-0.05, 0) is 31.4 Å². The minimum Gasteiger partial charge on any atom is -0.367 e. The minimum absolute atomic E-state index is 0.323. The summed E-state index contributed by atoms with van der Waals surface area (Å²) in [6, 6.07) is 0.542. The first-order chi connectivity index (χ1) is 8.25. The molecule has 94 valence electrons. The van der Waals surface area contributed by atoms with Crippen LogP contribution in [0.5, 0.6) is 0 Å². The number of hydrogen-bond acceptors (Lipinski definition) is 3. The molecule has 3 nitrogen and oxygen atoms in total. The standard InChI is InChI=1S/C13H20ClN3/c1-10-9-15-13(14)17-12(10)16-11-7-5-3-2-4-6-8-11/h9,11H,2-8H2,1H3,(H,15,16,17). The zero-order chi connectivity index (χ0) is 12.1. The molecule has 0 saturated heterocycles. The van der Waals surface area contributed by atoms with Gasteiger partial charge in [0.05, 0.1) is 0 Å². The van der Waals surface area contributed by atoms with Gasteiger partial charge in [-0.25, -0.2) is 9.97 Å². The number of hydrogen-bond donors (Lipinski definition) is 1. The highest BCUT2D eigenvalue weighted by atomic mass is 35.5. The van der Waals surface area contributed by atoms with Gasteiger partial charge in [0.1, 0.15) is 5.82 Å². The molecule has 0 aliphatic heterocycles. The zero-order valence-electron chi connectivity index (χ0n) is 10.4. The molecule has 1 aliphatic carbocycles. The third kappa shape index (κ3) is 3.84. The van der Waals surface area contributed by atoms with Crippen LogP contribution in [-0.4, -0.2) is 16.0 Å². The van der Waals surface area contributed by atoms with E-state index in [1.807, 2.05) is 6.92 Å². The highest BCUT2D eigenvalue weighted by Crippen LogP contribution is 2.21. The van der Waals surface area contributed by atoms with Crippen molar-refractivity contribution in [1.82, 2.24) is 9.97 Å². The highest BCUT2D eigenvalue weighted by Gasteiger charge is 2.13. The molecule has 1 aliphatic rings. The second-order valence-corrected chi connectivity index (χ2v) is 5.20. The van der Waals surface area contributed by atoms with Crippen molar-refractivity contribution in [3.05, 3.63) is 17.0 Å². The summed E-state index contributed by atoms with van der Waals surface area (Å²) in [6.45, 7) is 2.02. The average Bonchev–Trinajstić information content (AvgIpc) is 2.27. The Hall–Kier alpha value is -0.830. The highest BCUT2D eigenvalue weighted by molar-refractivity contribution is 6.28. The fourth-order valence-electron chi connectivity index (χ4n) is 2.36. The van der Waals surface area contributed by atoms with E-state index in [2.05, 4.69) is 15.3 Å². The maximum atomic E-state index is 5.83. The van der Waals surface area contributed by atoms with E-state index >= 15 is 0 Å². The molecule has 0 amide bonds. The molecular weight excluding hydrogens is 234 g/mol. The van der Waals surface area contributed by atoms with Gasteiger partial charge in [0, 0.05) is 17.8 Å². The van der Waals surface area contributed by atoms with Crippen LogP contribution in [0.2, 0.25) is 5.28 Å². The summed E-state index contributed by atoms with van der Waals surface area (Å²) in [5.41, 5.74) is 1.07. The third-order valence-corrected chi connectivity index (χ3v) is 3.57. The summed E-state index contributed by atoms with van der Waals surface area (Å²) < 4.78 is 0. The summed E-state index contributed by atoms with van der Waals surface area (Å²) in [4.78, 5) is 8.24. The smallest absolute Gasteiger partial charge is 0.224 e. The topological polar surface area (TPSA) is 37.8 Å². The van der Waals surface area contributed by atoms with Crippen LogP contribution in [0.1, 0.15) is 50.5 Å². The molecule has 17 heavy (non-hydrogen) atoms. The predicted molar refractivity (Wildman–Crippen MR) is 71.5 cm³/mol. The van der Waals surface area contributed by atoms with Gasteiger partial charge in [0.15, 0.2) is 0 Å². The first-order valence-corrected chi connectivity index (χ1v) is 6.89. The van der Waals surface area contributed by atoms with E-state index in [1.54, 1.807) is 6.20 Å². The number of anilines is 1. The van der Waals surface area contributed by atoms with Crippen LogP contribution in [-0.2, 0) is 0 Å². The predicted octanol–water partition coefficient (Wildman–Crippen LogP) is 3.96. The zero-order valence-corrected chi connectivity index (χ0v) is 11.1. The Balaban J connectivity index is 2.00. The fraction of sp³-hybridized carbons (Fsp3) is 0.692. The van der Waals surface area contributed by atoms with Gasteiger partial charge in [-0.15, -0.1) is 0 Å². The Kier molecular flexibility index (Phi) is 4.60. The second-order valence-electron chi connectivity index (χ2n) is 4.86. The average molecular weight is 254 g/mol. The maximum Gasteiger partial charge on any atom is 0.224 e. The molecule has 0 radical (unpaired) electrons. The van der Waals surface area contributed by atoms with E-state index in [1.165, 1.54) is 44.9 Å². The normalized spacial score (nSPS) is 18.5. The van der Waals surface area contributed by atoms with Crippen LogP contribution in [0.15, 0.2) is 6.20 Å². The molecule has 0 bridgehead atoms. The largest absolute Gasteiger partial charge is 0.367 e. The van der Waals surface area contributed by atoms with Gasteiger partial charge in [-0.2, -0.15) is 0 Å². The second kappa shape index (κ2) is 6.20. The molecule has 1 heterocycles. The number of aromatic nitrogens is 2. The van der Waals surface area contributed by atoms with Crippen molar-refractivity contribution in [2.24, 2.45) is 0 Å². The van der Waals surface area contributed by atoms with E-state index in [9.17, 15) is 0 Å². The van der Waals surface area contributed by atoms with Crippen molar-refractivity contribution in [2.75, 3.05) is 5.32 Å². The number of nitrogens with zero attached hydrogens (tertiary/aromatic N) is 2. The molecule has 0 atom stereocenters. The molecular formula is C13H20ClN3.